The molecule has 2 aromatic rings. The highest BCUT2D eigenvalue weighted by Crippen LogP contribution is 2.12. The molecular weight excluding hydrogens is 258 g/mol. The van der Waals surface area contributed by atoms with E-state index in [1.165, 1.54) is 11.3 Å². The number of benzene rings is 1. The topological polar surface area (TPSA) is 29.9 Å². The molecule has 0 aliphatic rings. The molecule has 102 valence electrons. The van der Waals surface area contributed by atoms with E-state index in [9.17, 15) is 0 Å². The van der Waals surface area contributed by atoms with Crippen LogP contribution in [-0.4, -0.2) is 15.1 Å². The van der Waals surface area contributed by atoms with Crippen molar-refractivity contribution in [2.24, 2.45) is 0 Å². The van der Waals surface area contributed by atoms with Gasteiger partial charge in [-0.3, -0.25) is 0 Å². The molecule has 0 saturated carbocycles. The fourth-order valence-electron chi connectivity index (χ4n) is 1.78. The molecule has 1 aromatic heterocycles. The number of hydrogen-bond acceptors (Lipinski definition) is 2. The number of halogens is 1. The number of imidazole rings is 1. The second-order valence-corrected chi connectivity index (χ2v) is 6.18. The van der Waals surface area contributed by atoms with Crippen LogP contribution in [0.5, 0.6) is 0 Å². The average Bonchev–Trinajstić information content (AvgIpc) is 2.76. The maximum atomic E-state index is 5.90. The predicted octanol–water partition coefficient (Wildman–Crippen LogP) is 3.47. The fraction of sp³-hybridized carbons (Fsp3) is 0.400. The lowest BCUT2D eigenvalue weighted by Crippen LogP contribution is -2.35. The summed E-state index contributed by atoms with van der Waals surface area (Å²) in [4.78, 5) is 4.23. The van der Waals surface area contributed by atoms with E-state index >= 15 is 0 Å². The lowest BCUT2D eigenvalue weighted by atomic mass is 10.1. The molecule has 4 heteroatoms. The van der Waals surface area contributed by atoms with Crippen LogP contribution < -0.4 is 5.32 Å². The Morgan fingerprint density at radius 3 is 2.53 bits per heavy atom. The van der Waals surface area contributed by atoms with Crippen LogP contribution in [0.3, 0.4) is 0 Å². The first-order chi connectivity index (χ1) is 8.94. The quantitative estimate of drug-likeness (QED) is 0.927. The summed E-state index contributed by atoms with van der Waals surface area (Å²) in [5, 5.41) is 4.25. The monoisotopic (exact) mass is 277 g/mol. The average molecular weight is 278 g/mol. The van der Waals surface area contributed by atoms with Crippen LogP contribution in [0, 0.1) is 0 Å². The lowest BCUT2D eigenvalue weighted by molar-refractivity contribution is 0.417. The van der Waals surface area contributed by atoms with Crippen molar-refractivity contribution < 1.29 is 0 Å². The molecule has 0 fully saturated rings. The van der Waals surface area contributed by atoms with Gasteiger partial charge in [0.15, 0.2) is 0 Å². The zero-order chi connectivity index (χ0) is 13.9. The summed E-state index contributed by atoms with van der Waals surface area (Å²) in [6.45, 7) is 8.11. The maximum absolute atomic E-state index is 5.90. The van der Waals surface area contributed by atoms with Crippen LogP contribution in [0.25, 0.3) is 0 Å². The number of hydrogen-bond donors (Lipinski definition) is 1. The first-order valence-corrected chi connectivity index (χ1v) is 6.80. The van der Waals surface area contributed by atoms with Crippen LogP contribution in [0.4, 0.5) is 0 Å². The highest BCUT2D eigenvalue weighted by Gasteiger charge is 2.10. The Bertz CT molecular complexity index is 523. The van der Waals surface area contributed by atoms with E-state index in [2.05, 4.69) is 35.6 Å². The van der Waals surface area contributed by atoms with Gasteiger partial charge in [-0.2, -0.15) is 0 Å². The van der Waals surface area contributed by atoms with E-state index in [1.807, 2.05) is 36.8 Å². The summed E-state index contributed by atoms with van der Waals surface area (Å²) in [7, 11) is 0. The summed E-state index contributed by atoms with van der Waals surface area (Å²) in [6.07, 6.45) is 3.78. The second kappa shape index (κ2) is 5.76. The van der Waals surface area contributed by atoms with Gasteiger partial charge in [0.25, 0.3) is 0 Å². The molecule has 0 unspecified atom stereocenters. The molecule has 0 aliphatic heterocycles. The van der Waals surface area contributed by atoms with Crippen molar-refractivity contribution in [3.05, 3.63) is 53.1 Å². The van der Waals surface area contributed by atoms with Crippen LogP contribution in [-0.2, 0) is 13.1 Å². The highest BCUT2D eigenvalue weighted by molar-refractivity contribution is 6.30. The van der Waals surface area contributed by atoms with Gasteiger partial charge in [0.1, 0.15) is 0 Å². The molecule has 0 aliphatic carbocycles. The Morgan fingerprint density at radius 1 is 1.21 bits per heavy atom. The Hall–Kier alpha value is -1.32. The third-order valence-corrected chi connectivity index (χ3v) is 3.12. The van der Waals surface area contributed by atoms with Gasteiger partial charge in [0.05, 0.1) is 12.0 Å². The Balaban J connectivity index is 2.05. The largest absolute Gasteiger partial charge is 0.329 e. The van der Waals surface area contributed by atoms with Gasteiger partial charge in [-0.15, -0.1) is 0 Å². The molecular formula is C15H20ClN3. The lowest BCUT2D eigenvalue weighted by Gasteiger charge is -2.21. The van der Waals surface area contributed by atoms with Crippen molar-refractivity contribution in [3.8, 4) is 0 Å². The van der Waals surface area contributed by atoms with Crippen LogP contribution >= 0.6 is 11.6 Å². The number of nitrogens with zero attached hydrogens (tertiary/aromatic N) is 2. The minimum absolute atomic E-state index is 0.107. The molecule has 1 aromatic carbocycles. The summed E-state index contributed by atoms with van der Waals surface area (Å²) in [5.74, 6) is 0. The molecule has 3 nitrogen and oxygen atoms in total. The molecule has 1 N–H and O–H groups in total. The molecule has 19 heavy (non-hydrogen) atoms. The third-order valence-electron chi connectivity index (χ3n) is 2.86. The van der Waals surface area contributed by atoms with E-state index in [0.29, 0.717) is 0 Å². The molecule has 0 bridgehead atoms. The Morgan fingerprint density at radius 2 is 1.89 bits per heavy atom. The molecule has 2 rings (SSSR count). The van der Waals surface area contributed by atoms with E-state index in [0.717, 1.165) is 18.1 Å². The summed E-state index contributed by atoms with van der Waals surface area (Å²) < 4.78 is 2.15. The molecule has 0 atom stereocenters. The van der Waals surface area contributed by atoms with Gasteiger partial charge in [-0.25, -0.2) is 4.98 Å². The minimum Gasteiger partial charge on any atom is -0.329 e. The standard InChI is InChI=1S/C15H20ClN3/c1-15(2,3)18-9-14-8-17-11-19(14)10-12-4-6-13(16)7-5-12/h4-8,11,18H,9-10H2,1-3H3. The fourth-order valence-corrected chi connectivity index (χ4v) is 1.91. The minimum atomic E-state index is 0.107. The molecule has 0 spiro atoms. The van der Waals surface area contributed by atoms with Gasteiger partial charge in [0, 0.05) is 29.8 Å². The summed E-state index contributed by atoms with van der Waals surface area (Å²) >= 11 is 5.90. The highest BCUT2D eigenvalue weighted by atomic mass is 35.5. The van der Waals surface area contributed by atoms with E-state index in [-0.39, 0.29) is 5.54 Å². The normalized spacial score (nSPS) is 11.8. The van der Waals surface area contributed by atoms with Crippen LogP contribution in [0.2, 0.25) is 5.02 Å². The van der Waals surface area contributed by atoms with Gasteiger partial charge < -0.3 is 9.88 Å². The molecule has 1 heterocycles. The van der Waals surface area contributed by atoms with Crippen molar-refractivity contribution in [1.29, 1.82) is 0 Å². The Kier molecular flexibility index (Phi) is 4.27. The first-order valence-electron chi connectivity index (χ1n) is 6.42. The van der Waals surface area contributed by atoms with E-state index in [1.54, 1.807) is 0 Å². The van der Waals surface area contributed by atoms with Gasteiger partial charge in [-0.05, 0) is 38.5 Å². The SMILES string of the molecule is CC(C)(C)NCc1cncn1Cc1ccc(Cl)cc1. The maximum Gasteiger partial charge on any atom is 0.0951 e. The predicted molar refractivity (Wildman–Crippen MR) is 79.4 cm³/mol. The van der Waals surface area contributed by atoms with E-state index < -0.39 is 0 Å². The number of rotatable bonds is 4. The van der Waals surface area contributed by atoms with Gasteiger partial charge >= 0.3 is 0 Å². The van der Waals surface area contributed by atoms with Crippen molar-refractivity contribution >= 4 is 11.6 Å². The van der Waals surface area contributed by atoms with Crippen LogP contribution in [0.1, 0.15) is 32.0 Å². The van der Waals surface area contributed by atoms with E-state index in [4.69, 9.17) is 11.6 Å². The molecule has 0 radical (unpaired) electrons. The molecule has 0 saturated heterocycles. The summed E-state index contributed by atoms with van der Waals surface area (Å²) in [5.41, 5.74) is 2.51. The van der Waals surface area contributed by atoms with Crippen molar-refractivity contribution in [3.63, 3.8) is 0 Å². The summed E-state index contributed by atoms with van der Waals surface area (Å²) in [6, 6.07) is 7.92. The van der Waals surface area contributed by atoms with Crippen LogP contribution in [0.15, 0.2) is 36.8 Å². The van der Waals surface area contributed by atoms with Gasteiger partial charge in [0.2, 0.25) is 0 Å². The second-order valence-electron chi connectivity index (χ2n) is 5.74. The Labute approximate surface area is 119 Å². The van der Waals surface area contributed by atoms with Crippen molar-refractivity contribution in [2.45, 2.75) is 39.4 Å². The first kappa shape index (κ1) is 14.1. The third kappa shape index (κ3) is 4.37. The zero-order valence-corrected chi connectivity index (χ0v) is 12.4. The van der Waals surface area contributed by atoms with Gasteiger partial charge in [-0.1, -0.05) is 23.7 Å². The smallest absolute Gasteiger partial charge is 0.0951 e. The van der Waals surface area contributed by atoms with Crippen molar-refractivity contribution in [1.82, 2.24) is 14.9 Å². The molecule has 0 amide bonds. The van der Waals surface area contributed by atoms with Crippen molar-refractivity contribution in [2.75, 3.05) is 0 Å². The number of nitrogens with one attached hydrogen (secondary N) is 1. The number of aromatic nitrogens is 2. The zero-order valence-electron chi connectivity index (χ0n) is 11.7.